The van der Waals surface area contributed by atoms with E-state index in [0.717, 1.165) is 32.2 Å². The lowest BCUT2D eigenvalue weighted by Gasteiger charge is -2.47. The molecule has 3 nitrogen and oxygen atoms in total. The predicted molar refractivity (Wildman–Crippen MR) is 74.1 cm³/mol. The van der Waals surface area contributed by atoms with Crippen LogP contribution in [-0.2, 0) is 0 Å². The highest BCUT2D eigenvalue weighted by Gasteiger charge is 2.41. The third-order valence-corrected chi connectivity index (χ3v) is 3.98. The summed E-state index contributed by atoms with van der Waals surface area (Å²) in [7, 11) is 0. The first kappa shape index (κ1) is 15.5. The van der Waals surface area contributed by atoms with Crippen molar-refractivity contribution in [3.63, 3.8) is 0 Å². The van der Waals surface area contributed by atoms with Crippen molar-refractivity contribution in [3.8, 4) is 6.07 Å². The van der Waals surface area contributed by atoms with Crippen LogP contribution in [0.5, 0.6) is 0 Å². The number of aliphatic hydroxyl groups excluding tert-OH is 1. The predicted octanol–water partition coefficient (Wildman–Crippen LogP) is 2.85. The maximum absolute atomic E-state index is 9.78. The molecule has 0 aromatic rings. The van der Waals surface area contributed by atoms with E-state index in [1.165, 1.54) is 6.42 Å². The van der Waals surface area contributed by atoms with Crippen molar-refractivity contribution in [2.24, 2.45) is 11.3 Å². The first-order valence-corrected chi connectivity index (χ1v) is 7.16. The Kier molecular flexibility index (Phi) is 5.62. The van der Waals surface area contributed by atoms with E-state index >= 15 is 0 Å². The molecule has 1 aliphatic carbocycles. The summed E-state index contributed by atoms with van der Waals surface area (Å²) in [6, 6.07) is 2.17. The van der Waals surface area contributed by atoms with E-state index in [1.807, 2.05) is 0 Å². The van der Waals surface area contributed by atoms with E-state index in [2.05, 4.69) is 32.2 Å². The van der Waals surface area contributed by atoms with Crippen LogP contribution in [0.4, 0.5) is 0 Å². The molecular formula is C15H28N2O. The molecule has 1 fully saturated rings. The van der Waals surface area contributed by atoms with Crippen molar-refractivity contribution >= 4 is 0 Å². The van der Waals surface area contributed by atoms with Crippen LogP contribution in [0, 0.1) is 22.7 Å². The Labute approximate surface area is 112 Å². The molecule has 0 unspecified atom stereocenters. The zero-order chi connectivity index (χ0) is 13.6. The van der Waals surface area contributed by atoms with Crippen LogP contribution < -0.4 is 5.32 Å². The van der Waals surface area contributed by atoms with E-state index in [1.54, 1.807) is 0 Å². The number of hydrogen-bond acceptors (Lipinski definition) is 3. The van der Waals surface area contributed by atoms with Gasteiger partial charge in [0.05, 0.1) is 12.7 Å². The molecule has 0 bridgehead atoms. The van der Waals surface area contributed by atoms with Crippen molar-refractivity contribution in [1.82, 2.24) is 5.32 Å². The summed E-state index contributed by atoms with van der Waals surface area (Å²) in [5.74, 6) is 0.660. The average Bonchev–Trinajstić information content (AvgIpc) is 2.26. The lowest BCUT2D eigenvalue weighted by Crippen LogP contribution is -2.55. The smallest absolute Gasteiger partial charge is 0.0621 e. The van der Waals surface area contributed by atoms with Crippen LogP contribution >= 0.6 is 0 Å². The van der Waals surface area contributed by atoms with Gasteiger partial charge < -0.3 is 10.4 Å². The van der Waals surface area contributed by atoms with E-state index in [4.69, 9.17) is 5.26 Å². The molecule has 0 spiro atoms. The molecule has 1 saturated carbocycles. The minimum Gasteiger partial charge on any atom is -0.394 e. The fraction of sp³-hybridized carbons (Fsp3) is 0.933. The van der Waals surface area contributed by atoms with Gasteiger partial charge in [0, 0.05) is 12.0 Å². The number of nitrogens with zero attached hydrogens (tertiary/aromatic N) is 1. The Morgan fingerprint density at radius 2 is 2.06 bits per heavy atom. The number of hydrogen-bond donors (Lipinski definition) is 2. The second-order valence-electron chi connectivity index (χ2n) is 6.83. The van der Waals surface area contributed by atoms with Gasteiger partial charge in [0.15, 0.2) is 0 Å². The Hall–Kier alpha value is -0.590. The van der Waals surface area contributed by atoms with Gasteiger partial charge in [0.2, 0.25) is 0 Å². The largest absolute Gasteiger partial charge is 0.394 e. The van der Waals surface area contributed by atoms with Crippen molar-refractivity contribution in [3.05, 3.63) is 0 Å². The summed E-state index contributed by atoms with van der Waals surface area (Å²) in [5.41, 5.74) is 0.202. The first-order chi connectivity index (χ1) is 8.43. The second-order valence-corrected chi connectivity index (χ2v) is 6.83. The van der Waals surface area contributed by atoms with Gasteiger partial charge in [0.1, 0.15) is 0 Å². The molecule has 2 atom stereocenters. The summed E-state index contributed by atoms with van der Waals surface area (Å²) in [6.07, 6.45) is 5.94. The minimum absolute atomic E-state index is 0.103. The topological polar surface area (TPSA) is 56.0 Å². The monoisotopic (exact) mass is 252 g/mol. The van der Waals surface area contributed by atoms with Crippen LogP contribution in [0.15, 0.2) is 0 Å². The van der Waals surface area contributed by atoms with Gasteiger partial charge in [-0.15, -0.1) is 0 Å². The fourth-order valence-corrected chi connectivity index (χ4v) is 3.74. The second kappa shape index (κ2) is 6.54. The normalized spacial score (nSPS) is 30.9. The molecule has 0 amide bonds. The fourth-order valence-electron chi connectivity index (χ4n) is 3.74. The Morgan fingerprint density at radius 1 is 1.33 bits per heavy atom. The highest BCUT2D eigenvalue weighted by molar-refractivity contribution is 4.98. The average molecular weight is 252 g/mol. The summed E-state index contributed by atoms with van der Waals surface area (Å²) < 4.78 is 0. The molecule has 1 aliphatic rings. The molecule has 0 saturated heterocycles. The molecule has 2 N–H and O–H groups in total. The SMILES string of the molecule is C[C@@H]1CC(C)(C)C[C@@](CO)(NCCCCC#N)C1. The van der Waals surface area contributed by atoms with E-state index in [9.17, 15) is 5.11 Å². The molecule has 0 aromatic heterocycles. The molecule has 0 aliphatic heterocycles. The quantitative estimate of drug-likeness (QED) is 0.715. The number of aliphatic hydroxyl groups is 1. The van der Waals surface area contributed by atoms with Gasteiger partial charge in [0.25, 0.3) is 0 Å². The lowest BCUT2D eigenvalue weighted by atomic mass is 9.64. The molecule has 0 aromatic carbocycles. The summed E-state index contributed by atoms with van der Waals surface area (Å²) in [6.45, 7) is 8.00. The lowest BCUT2D eigenvalue weighted by molar-refractivity contribution is 0.0364. The Balaban J connectivity index is 2.49. The van der Waals surface area contributed by atoms with Crippen molar-refractivity contribution < 1.29 is 5.11 Å². The molecule has 3 heteroatoms. The highest BCUT2D eigenvalue weighted by Crippen LogP contribution is 2.43. The maximum atomic E-state index is 9.78. The minimum atomic E-state index is -0.103. The van der Waals surface area contributed by atoms with E-state index in [0.29, 0.717) is 17.8 Å². The Bertz CT molecular complexity index is 295. The van der Waals surface area contributed by atoms with Gasteiger partial charge in [-0.1, -0.05) is 20.8 Å². The molecule has 104 valence electrons. The van der Waals surface area contributed by atoms with Crippen LogP contribution in [0.3, 0.4) is 0 Å². The first-order valence-electron chi connectivity index (χ1n) is 7.16. The molecule has 18 heavy (non-hydrogen) atoms. The summed E-state index contributed by atoms with van der Waals surface area (Å²) in [5, 5.41) is 21.9. The van der Waals surface area contributed by atoms with Gasteiger partial charge >= 0.3 is 0 Å². The third-order valence-electron chi connectivity index (χ3n) is 3.98. The third kappa shape index (κ3) is 4.59. The van der Waals surface area contributed by atoms with Crippen LogP contribution in [0.25, 0.3) is 0 Å². The number of unbranched alkanes of at least 4 members (excludes halogenated alkanes) is 2. The number of rotatable bonds is 6. The highest BCUT2D eigenvalue weighted by atomic mass is 16.3. The zero-order valence-corrected chi connectivity index (χ0v) is 12.1. The standard InChI is InChI=1S/C15H28N2O/c1-13-9-14(2,3)11-15(10-13,12-18)17-8-6-4-5-7-16/h13,17-18H,4-6,8-12H2,1-3H3/t13-,15+/m1/s1. The molecule has 0 heterocycles. The van der Waals surface area contributed by atoms with Crippen molar-refractivity contribution in [1.29, 1.82) is 5.26 Å². The number of nitrogens with one attached hydrogen (secondary N) is 1. The van der Waals surface area contributed by atoms with Crippen LogP contribution in [-0.4, -0.2) is 23.8 Å². The molecule has 1 rings (SSSR count). The summed E-state index contributed by atoms with van der Waals surface area (Å²) >= 11 is 0. The van der Waals surface area contributed by atoms with Crippen LogP contribution in [0.1, 0.15) is 59.3 Å². The van der Waals surface area contributed by atoms with Gasteiger partial charge in [-0.2, -0.15) is 5.26 Å². The van der Waals surface area contributed by atoms with Gasteiger partial charge in [-0.25, -0.2) is 0 Å². The van der Waals surface area contributed by atoms with Gasteiger partial charge in [-0.3, -0.25) is 0 Å². The number of nitriles is 1. The molecular weight excluding hydrogens is 224 g/mol. The Morgan fingerprint density at radius 3 is 2.61 bits per heavy atom. The summed E-state index contributed by atoms with van der Waals surface area (Å²) in [4.78, 5) is 0. The molecule has 0 radical (unpaired) electrons. The van der Waals surface area contributed by atoms with Crippen molar-refractivity contribution in [2.45, 2.75) is 64.8 Å². The zero-order valence-electron chi connectivity index (χ0n) is 12.1. The van der Waals surface area contributed by atoms with Gasteiger partial charge in [-0.05, 0) is 50.0 Å². The van der Waals surface area contributed by atoms with E-state index < -0.39 is 0 Å². The maximum Gasteiger partial charge on any atom is 0.0621 e. The van der Waals surface area contributed by atoms with Crippen LogP contribution in [0.2, 0.25) is 0 Å². The van der Waals surface area contributed by atoms with E-state index in [-0.39, 0.29) is 12.1 Å². The van der Waals surface area contributed by atoms with Crippen molar-refractivity contribution in [2.75, 3.05) is 13.2 Å².